The maximum atomic E-state index is 13.5. The summed E-state index contributed by atoms with van der Waals surface area (Å²) >= 11 is 3.39. The van der Waals surface area contributed by atoms with Gasteiger partial charge in [0.1, 0.15) is 17.2 Å². The normalized spacial score (nSPS) is 22.4. The maximum Gasteiger partial charge on any atom is 0.248 e. The molecule has 1 aromatic carbocycles. The van der Waals surface area contributed by atoms with Crippen LogP contribution < -0.4 is 20.3 Å². The molecule has 3 fully saturated rings. The Morgan fingerprint density at radius 3 is 2.53 bits per heavy atom. The summed E-state index contributed by atoms with van der Waals surface area (Å²) in [7, 11) is 1.67. The van der Waals surface area contributed by atoms with Crippen molar-refractivity contribution in [2.75, 3.05) is 55.4 Å². The fourth-order valence-electron chi connectivity index (χ4n) is 4.83. The highest BCUT2D eigenvalue weighted by Crippen LogP contribution is 2.27. The number of hydrogen-bond donors (Lipinski definition) is 2. The lowest BCUT2D eigenvalue weighted by Gasteiger charge is -2.38. The van der Waals surface area contributed by atoms with E-state index in [-0.39, 0.29) is 17.2 Å². The monoisotopic (exact) mass is 505 g/mol. The number of benzene rings is 1. The number of anilines is 1. The molecule has 2 atom stereocenters. The van der Waals surface area contributed by atoms with Crippen LogP contribution in [0.25, 0.3) is 0 Å². The zero-order valence-electron chi connectivity index (χ0n) is 20.0. The third-order valence-electron chi connectivity index (χ3n) is 6.86. The topological polar surface area (TPSA) is 73.9 Å². The number of carbonyl (C=O) groups excluding carboxylic acids is 2. The molecular weight excluding hydrogens is 468 g/mol. The molecule has 4 rings (SSSR count). The average Bonchev–Trinajstić information content (AvgIpc) is 3.44. The maximum absolute atomic E-state index is 13.5. The second-order valence-electron chi connectivity index (χ2n) is 9.20. The van der Waals surface area contributed by atoms with Gasteiger partial charge in [-0.1, -0.05) is 19.3 Å². The van der Waals surface area contributed by atoms with Crippen molar-refractivity contribution in [2.45, 2.75) is 43.5 Å². The van der Waals surface area contributed by atoms with E-state index in [0.717, 1.165) is 42.0 Å². The molecular formula is C25H37N4O3S2. The number of rotatable bonds is 9. The van der Waals surface area contributed by atoms with Crippen LogP contribution in [0.15, 0.2) is 24.3 Å². The first-order chi connectivity index (χ1) is 16.6. The van der Waals surface area contributed by atoms with Crippen LogP contribution in [0.5, 0.6) is 5.75 Å². The second-order valence-corrected chi connectivity index (χ2v) is 11.4. The largest absolute Gasteiger partial charge is 0.497 e. The molecule has 0 aromatic heterocycles. The van der Waals surface area contributed by atoms with E-state index in [1.165, 1.54) is 32.1 Å². The molecule has 3 aliphatic rings. The lowest BCUT2D eigenvalue weighted by molar-refractivity contribution is -0.136. The number of nitrogens with one attached hydrogen (secondary N) is 2. The van der Waals surface area contributed by atoms with Crippen LogP contribution in [0.2, 0.25) is 0 Å². The van der Waals surface area contributed by atoms with Gasteiger partial charge >= 0.3 is 0 Å². The summed E-state index contributed by atoms with van der Waals surface area (Å²) in [5.41, 5.74) is 1.14. The molecule has 1 saturated carbocycles. The molecule has 34 heavy (non-hydrogen) atoms. The van der Waals surface area contributed by atoms with Gasteiger partial charge in [-0.15, -0.1) is 11.8 Å². The van der Waals surface area contributed by atoms with E-state index in [1.54, 1.807) is 18.9 Å². The minimum absolute atomic E-state index is 0.0471. The van der Waals surface area contributed by atoms with Gasteiger partial charge in [0.05, 0.1) is 7.11 Å². The molecule has 187 valence electrons. The molecule has 2 heterocycles. The van der Waals surface area contributed by atoms with Gasteiger partial charge in [-0.2, -0.15) is 11.8 Å². The molecule has 9 heteroatoms. The van der Waals surface area contributed by atoms with Crippen molar-refractivity contribution in [2.24, 2.45) is 5.92 Å². The number of ether oxygens (including phenoxy) is 1. The highest BCUT2D eigenvalue weighted by Gasteiger charge is 2.32. The first kappa shape index (κ1) is 25.5. The van der Waals surface area contributed by atoms with Crippen molar-refractivity contribution in [1.82, 2.24) is 15.5 Å². The van der Waals surface area contributed by atoms with Crippen LogP contribution in [0.4, 0.5) is 5.69 Å². The SMILES string of the molecule is COc1ccc(N2CCN(C(=O)[C@H](CSCC3CCCCC3)NC(=O)C3N[CH]CS3)CC2)cc1. The summed E-state index contributed by atoms with van der Waals surface area (Å²) in [6.07, 6.45) is 6.59. The van der Waals surface area contributed by atoms with Crippen LogP contribution in [-0.2, 0) is 9.59 Å². The van der Waals surface area contributed by atoms with Crippen LogP contribution in [0.1, 0.15) is 32.1 Å². The molecule has 2 N–H and O–H groups in total. The van der Waals surface area contributed by atoms with E-state index >= 15 is 0 Å². The van der Waals surface area contributed by atoms with Crippen LogP contribution in [0.3, 0.4) is 0 Å². The fourth-order valence-corrected chi connectivity index (χ4v) is 6.89. The zero-order valence-corrected chi connectivity index (χ0v) is 21.7. The zero-order chi connectivity index (χ0) is 23.8. The third-order valence-corrected chi connectivity index (χ3v) is 9.18. The van der Waals surface area contributed by atoms with E-state index in [2.05, 4.69) is 27.7 Å². The predicted octanol–water partition coefficient (Wildman–Crippen LogP) is 2.97. The lowest BCUT2D eigenvalue weighted by Crippen LogP contribution is -2.57. The Hall–Kier alpha value is -1.58. The third kappa shape index (κ3) is 6.98. The van der Waals surface area contributed by atoms with Crippen molar-refractivity contribution < 1.29 is 14.3 Å². The molecule has 1 aromatic rings. The van der Waals surface area contributed by atoms with E-state index in [9.17, 15) is 9.59 Å². The first-order valence-corrected chi connectivity index (χ1v) is 14.6. The number of carbonyl (C=O) groups is 2. The lowest BCUT2D eigenvalue weighted by atomic mass is 9.91. The Balaban J connectivity index is 1.32. The van der Waals surface area contributed by atoms with E-state index in [1.807, 2.05) is 35.3 Å². The van der Waals surface area contributed by atoms with Gasteiger partial charge in [0.15, 0.2) is 0 Å². The van der Waals surface area contributed by atoms with E-state index < -0.39 is 6.04 Å². The van der Waals surface area contributed by atoms with Crippen molar-refractivity contribution in [3.63, 3.8) is 0 Å². The summed E-state index contributed by atoms with van der Waals surface area (Å²) in [6, 6.07) is 7.58. The first-order valence-electron chi connectivity index (χ1n) is 12.4. The number of amides is 2. The summed E-state index contributed by atoms with van der Waals surface area (Å²) in [5, 5.41) is 5.87. The highest BCUT2D eigenvalue weighted by atomic mass is 32.2. The summed E-state index contributed by atoms with van der Waals surface area (Å²) < 4.78 is 5.25. The van der Waals surface area contributed by atoms with Crippen LogP contribution >= 0.6 is 23.5 Å². The van der Waals surface area contributed by atoms with Gasteiger partial charge in [0.2, 0.25) is 11.8 Å². The van der Waals surface area contributed by atoms with Crippen molar-refractivity contribution in [1.29, 1.82) is 0 Å². The summed E-state index contributed by atoms with van der Waals surface area (Å²) in [5.74, 6) is 4.07. The van der Waals surface area contributed by atoms with Gasteiger partial charge in [-0.25, -0.2) is 0 Å². The number of hydrogen-bond acceptors (Lipinski definition) is 7. The van der Waals surface area contributed by atoms with E-state index in [4.69, 9.17) is 4.74 Å². The van der Waals surface area contributed by atoms with Gasteiger partial charge < -0.3 is 19.9 Å². The number of piperazine rings is 1. The molecule has 1 radical (unpaired) electrons. The quantitative estimate of drug-likeness (QED) is 0.535. The Labute approximate surface area is 212 Å². The van der Waals surface area contributed by atoms with Gasteiger partial charge in [0, 0.05) is 49.9 Å². The smallest absolute Gasteiger partial charge is 0.248 e. The average molecular weight is 506 g/mol. The molecule has 2 saturated heterocycles. The molecule has 0 bridgehead atoms. The van der Waals surface area contributed by atoms with Gasteiger partial charge in [-0.3, -0.25) is 14.9 Å². The van der Waals surface area contributed by atoms with Crippen molar-refractivity contribution in [3.8, 4) is 5.75 Å². The summed E-state index contributed by atoms with van der Waals surface area (Å²) in [6.45, 7) is 4.79. The highest BCUT2D eigenvalue weighted by molar-refractivity contribution is 8.01. The molecule has 1 unspecified atom stereocenters. The minimum Gasteiger partial charge on any atom is -0.497 e. The molecule has 2 aliphatic heterocycles. The molecule has 0 spiro atoms. The Kier molecular flexibility index (Phi) is 9.70. The second kappa shape index (κ2) is 12.9. The molecule has 2 amide bonds. The van der Waals surface area contributed by atoms with Crippen LogP contribution in [-0.4, -0.2) is 78.7 Å². The standard InChI is InChI=1S/C25H37N4O3S2/c1-32-21-9-7-20(8-10-21)28-12-14-29(15-13-28)25(31)22(27-23(30)24-26-11-16-34-24)18-33-17-19-5-3-2-4-6-19/h7-11,19,22,24,26H,2-6,12-18H2,1H3,(H,27,30)/t22-,24?/m0/s1. The minimum atomic E-state index is -0.475. The Bertz CT molecular complexity index is 790. The van der Waals surface area contributed by atoms with E-state index in [0.29, 0.717) is 18.8 Å². The predicted molar refractivity (Wildman–Crippen MR) is 141 cm³/mol. The molecule has 1 aliphatic carbocycles. The number of methoxy groups -OCH3 is 1. The van der Waals surface area contributed by atoms with Crippen molar-refractivity contribution in [3.05, 3.63) is 30.8 Å². The number of nitrogens with zero attached hydrogens (tertiary/aromatic N) is 2. The van der Waals surface area contributed by atoms with Crippen LogP contribution in [0, 0.1) is 12.5 Å². The van der Waals surface area contributed by atoms with Gasteiger partial charge in [0.25, 0.3) is 0 Å². The van der Waals surface area contributed by atoms with Gasteiger partial charge in [-0.05, 0) is 48.8 Å². The van der Waals surface area contributed by atoms with Crippen molar-refractivity contribution >= 4 is 41.0 Å². The number of thioether (sulfide) groups is 2. The molecule has 7 nitrogen and oxygen atoms in total. The fraction of sp³-hybridized carbons (Fsp3) is 0.640. The Morgan fingerprint density at radius 2 is 1.88 bits per heavy atom. The Morgan fingerprint density at radius 1 is 1.15 bits per heavy atom. The summed E-state index contributed by atoms with van der Waals surface area (Å²) in [4.78, 5) is 30.5.